The number of hydrogen-bond donors (Lipinski definition) is 2. The first kappa shape index (κ1) is 24.0. The van der Waals surface area contributed by atoms with Gasteiger partial charge in [-0.15, -0.1) is 0 Å². The van der Waals surface area contributed by atoms with Gasteiger partial charge in [0.05, 0.1) is 0 Å². The lowest BCUT2D eigenvalue weighted by Gasteiger charge is -2.32. The molecule has 0 aliphatic rings. The first-order valence-electron chi connectivity index (χ1n) is 10.0. The van der Waals surface area contributed by atoms with Gasteiger partial charge in [-0.1, -0.05) is 54.5 Å². The molecule has 28 heavy (non-hydrogen) atoms. The number of rotatable bonds is 7. The van der Waals surface area contributed by atoms with Crippen molar-refractivity contribution in [1.29, 1.82) is 0 Å². The van der Waals surface area contributed by atoms with Gasteiger partial charge in [-0.25, -0.2) is 4.79 Å². The van der Waals surface area contributed by atoms with Gasteiger partial charge in [-0.05, 0) is 50.2 Å². The average molecular weight is 391 g/mol. The van der Waals surface area contributed by atoms with Crippen LogP contribution in [0.3, 0.4) is 0 Å². The van der Waals surface area contributed by atoms with Crippen molar-refractivity contribution in [1.82, 2.24) is 5.32 Å². The van der Waals surface area contributed by atoms with Crippen molar-refractivity contribution in [3.05, 3.63) is 24.3 Å². The predicted octanol–water partition coefficient (Wildman–Crippen LogP) is 6.00. The van der Waals surface area contributed by atoms with E-state index in [1.54, 1.807) is 24.3 Å². The number of ether oxygens (including phenoxy) is 1. The Balaban J connectivity index is 2.75. The summed E-state index contributed by atoms with van der Waals surface area (Å²) in [5.74, 6) is 0.771. The molecule has 0 aromatic heterocycles. The summed E-state index contributed by atoms with van der Waals surface area (Å²) in [6.45, 7) is 18.4. The summed E-state index contributed by atoms with van der Waals surface area (Å²) in [5, 5.41) is 5.85. The minimum absolute atomic E-state index is 0.0471. The fourth-order valence-electron chi connectivity index (χ4n) is 3.83. The van der Waals surface area contributed by atoms with E-state index < -0.39 is 11.5 Å². The summed E-state index contributed by atoms with van der Waals surface area (Å²) < 4.78 is 5.44. The fraction of sp³-hybridized carbons (Fsp3) is 0.652. The number of hydrogen-bond acceptors (Lipinski definition) is 3. The Morgan fingerprint density at radius 3 is 2.18 bits per heavy atom. The van der Waals surface area contributed by atoms with E-state index in [2.05, 4.69) is 45.3 Å². The van der Waals surface area contributed by atoms with Crippen molar-refractivity contribution >= 4 is 17.7 Å². The van der Waals surface area contributed by atoms with Gasteiger partial charge >= 0.3 is 6.09 Å². The van der Waals surface area contributed by atoms with Crippen molar-refractivity contribution < 1.29 is 14.3 Å². The van der Waals surface area contributed by atoms with E-state index in [0.717, 1.165) is 12.8 Å². The normalized spacial score (nSPS) is 12.6. The van der Waals surface area contributed by atoms with Gasteiger partial charge in [0.25, 0.3) is 0 Å². The van der Waals surface area contributed by atoms with Crippen molar-refractivity contribution in [2.45, 2.75) is 80.7 Å². The van der Waals surface area contributed by atoms with E-state index in [-0.39, 0.29) is 16.9 Å². The molecule has 1 rings (SSSR count). The van der Waals surface area contributed by atoms with Gasteiger partial charge in [0.2, 0.25) is 5.91 Å². The van der Waals surface area contributed by atoms with Crippen LogP contribution in [0.4, 0.5) is 10.5 Å². The van der Waals surface area contributed by atoms with Crippen molar-refractivity contribution in [3.63, 3.8) is 0 Å². The van der Waals surface area contributed by atoms with E-state index in [4.69, 9.17) is 4.74 Å². The van der Waals surface area contributed by atoms with Gasteiger partial charge < -0.3 is 15.4 Å². The van der Waals surface area contributed by atoms with E-state index >= 15 is 0 Å². The summed E-state index contributed by atoms with van der Waals surface area (Å²) in [6, 6.07) is 6.91. The number of carbonyl (C=O) groups is 2. The standard InChI is InChI=1S/C23H38N2O3/c1-16(2)14-22(6,7)19(26)24-17-11-10-12-18(13-17)28-20(27)25-23(8,9)15-21(3,4)5/h10-13,16H,14-15H2,1-9H3,(H,24,26)(H,25,27). The fourth-order valence-corrected chi connectivity index (χ4v) is 3.83. The van der Waals surface area contributed by atoms with Crippen molar-refractivity contribution in [2.24, 2.45) is 16.7 Å². The molecule has 1 aromatic carbocycles. The lowest BCUT2D eigenvalue weighted by atomic mass is 9.82. The number of nitrogens with one attached hydrogen (secondary N) is 2. The summed E-state index contributed by atoms with van der Waals surface area (Å²) in [6.07, 6.45) is 1.11. The molecule has 1 aromatic rings. The zero-order valence-electron chi connectivity index (χ0n) is 19.0. The molecule has 158 valence electrons. The Hall–Kier alpha value is -2.04. The summed E-state index contributed by atoms with van der Waals surface area (Å²) in [4.78, 5) is 24.9. The highest BCUT2D eigenvalue weighted by Gasteiger charge is 2.29. The Kier molecular flexibility index (Phi) is 7.69. The van der Waals surface area contributed by atoms with Gasteiger partial charge in [0.1, 0.15) is 5.75 Å². The minimum atomic E-state index is -0.502. The number of anilines is 1. The zero-order valence-corrected chi connectivity index (χ0v) is 19.0. The molecular weight excluding hydrogens is 352 g/mol. The maximum absolute atomic E-state index is 12.6. The molecule has 0 saturated carbocycles. The molecule has 0 spiro atoms. The minimum Gasteiger partial charge on any atom is -0.410 e. The first-order valence-corrected chi connectivity index (χ1v) is 10.0. The van der Waals surface area contributed by atoms with Gasteiger partial charge in [-0.2, -0.15) is 0 Å². The van der Waals surface area contributed by atoms with Crippen LogP contribution < -0.4 is 15.4 Å². The number of benzene rings is 1. The monoisotopic (exact) mass is 390 g/mol. The third-order valence-electron chi connectivity index (χ3n) is 4.25. The Bertz CT molecular complexity index is 685. The maximum atomic E-state index is 12.6. The van der Waals surface area contributed by atoms with E-state index in [1.807, 2.05) is 27.7 Å². The molecule has 2 N–H and O–H groups in total. The maximum Gasteiger partial charge on any atom is 0.413 e. The zero-order chi connectivity index (χ0) is 21.8. The van der Waals surface area contributed by atoms with E-state index in [1.165, 1.54) is 0 Å². The number of carbonyl (C=O) groups excluding carboxylic acids is 2. The molecular formula is C23H38N2O3. The Morgan fingerprint density at radius 2 is 1.64 bits per heavy atom. The van der Waals surface area contributed by atoms with Gasteiger partial charge in [0.15, 0.2) is 0 Å². The largest absolute Gasteiger partial charge is 0.413 e. The molecule has 0 aliphatic carbocycles. The predicted molar refractivity (Wildman–Crippen MR) is 116 cm³/mol. The lowest BCUT2D eigenvalue weighted by Crippen LogP contribution is -2.47. The van der Waals surface area contributed by atoms with Gasteiger partial charge in [0, 0.05) is 22.7 Å². The number of amides is 2. The van der Waals surface area contributed by atoms with Crippen LogP contribution >= 0.6 is 0 Å². The summed E-state index contributed by atoms with van der Waals surface area (Å²) in [7, 11) is 0. The van der Waals surface area contributed by atoms with Crippen molar-refractivity contribution in [2.75, 3.05) is 5.32 Å². The smallest absolute Gasteiger partial charge is 0.410 e. The van der Waals surface area contributed by atoms with Crippen LogP contribution in [0.25, 0.3) is 0 Å². The molecule has 0 bridgehead atoms. The quantitative estimate of drug-likeness (QED) is 0.600. The average Bonchev–Trinajstić information content (AvgIpc) is 2.42. The van der Waals surface area contributed by atoms with Crippen LogP contribution in [-0.2, 0) is 4.79 Å². The second kappa shape index (κ2) is 8.97. The van der Waals surface area contributed by atoms with Crippen LogP contribution in [-0.4, -0.2) is 17.5 Å². The molecule has 2 amide bonds. The van der Waals surface area contributed by atoms with Crippen LogP contribution in [0.5, 0.6) is 5.75 Å². The summed E-state index contributed by atoms with van der Waals surface area (Å²) in [5.41, 5.74) is -0.161. The van der Waals surface area contributed by atoms with Crippen LogP contribution in [0.1, 0.15) is 75.2 Å². The Morgan fingerprint density at radius 1 is 1.04 bits per heavy atom. The molecule has 0 unspecified atom stereocenters. The third kappa shape index (κ3) is 8.77. The van der Waals surface area contributed by atoms with Crippen LogP contribution in [0.15, 0.2) is 24.3 Å². The molecule has 0 fully saturated rings. The van der Waals surface area contributed by atoms with Crippen molar-refractivity contribution in [3.8, 4) is 5.75 Å². The second-order valence-electron chi connectivity index (χ2n) is 10.6. The highest BCUT2D eigenvalue weighted by atomic mass is 16.6. The molecule has 5 nitrogen and oxygen atoms in total. The Labute approximate surface area is 170 Å². The molecule has 0 radical (unpaired) electrons. The topological polar surface area (TPSA) is 67.4 Å². The molecule has 0 heterocycles. The highest BCUT2D eigenvalue weighted by Crippen LogP contribution is 2.29. The van der Waals surface area contributed by atoms with Crippen LogP contribution in [0, 0.1) is 16.7 Å². The second-order valence-corrected chi connectivity index (χ2v) is 10.6. The highest BCUT2D eigenvalue weighted by molar-refractivity contribution is 5.95. The molecule has 5 heteroatoms. The van der Waals surface area contributed by atoms with E-state index in [9.17, 15) is 9.59 Å². The van der Waals surface area contributed by atoms with E-state index in [0.29, 0.717) is 17.4 Å². The van der Waals surface area contributed by atoms with Gasteiger partial charge in [-0.3, -0.25) is 4.79 Å². The SMILES string of the molecule is CC(C)CC(C)(C)C(=O)Nc1cccc(OC(=O)NC(C)(C)CC(C)(C)C)c1. The lowest BCUT2D eigenvalue weighted by molar-refractivity contribution is -0.124. The first-order chi connectivity index (χ1) is 12.6. The molecule has 0 saturated heterocycles. The summed E-state index contributed by atoms with van der Waals surface area (Å²) >= 11 is 0. The van der Waals surface area contributed by atoms with Crippen LogP contribution in [0.2, 0.25) is 0 Å². The molecule has 0 atom stereocenters. The third-order valence-corrected chi connectivity index (χ3v) is 4.25. The molecule has 0 aliphatic heterocycles.